The molecule has 0 aromatic rings. The number of carboxylic acid groups (broad SMARTS) is 1. The Morgan fingerprint density at radius 1 is 1.15 bits per heavy atom. The van der Waals surface area contributed by atoms with Crippen molar-refractivity contribution in [2.24, 2.45) is 0 Å². The van der Waals surface area contributed by atoms with E-state index in [1.165, 1.54) is 0 Å². The smallest absolute Gasteiger partial charge is 0.320 e. The highest BCUT2D eigenvalue weighted by molar-refractivity contribution is 5.75. The molecule has 2 saturated heterocycles. The van der Waals surface area contributed by atoms with Gasteiger partial charge in [-0.05, 0) is 19.3 Å². The van der Waals surface area contributed by atoms with Crippen molar-refractivity contribution in [3.63, 3.8) is 0 Å². The van der Waals surface area contributed by atoms with Crippen LogP contribution in [0.1, 0.15) is 32.6 Å². The summed E-state index contributed by atoms with van der Waals surface area (Å²) in [6, 6.07) is 0.583. The van der Waals surface area contributed by atoms with E-state index < -0.39 is 5.97 Å². The number of likely N-dealkylation sites (tertiary alicyclic amines) is 1. The molecule has 2 amide bonds. The Balaban J connectivity index is 1.78. The van der Waals surface area contributed by atoms with Crippen LogP contribution in [0.15, 0.2) is 0 Å². The van der Waals surface area contributed by atoms with Crippen molar-refractivity contribution < 1.29 is 14.7 Å². The monoisotopic (exact) mass is 283 g/mol. The third kappa shape index (κ3) is 3.62. The van der Waals surface area contributed by atoms with E-state index in [1.807, 2.05) is 9.80 Å². The van der Waals surface area contributed by atoms with Gasteiger partial charge in [0.25, 0.3) is 0 Å². The van der Waals surface area contributed by atoms with Crippen LogP contribution in [0.2, 0.25) is 0 Å². The van der Waals surface area contributed by atoms with E-state index in [0.717, 1.165) is 38.9 Å². The zero-order chi connectivity index (χ0) is 14.5. The normalized spacial score (nSPS) is 24.1. The summed E-state index contributed by atoms with van der Waals surface area (Å²) in [5.41, 5.74) is 0. The maximum Gasteiger partial charge on any atom is 0.320 e. The fourth-order valence-electron chi connectivity index (χ4n) is 3.11. The molecule has 2 aliphatic heterocycles. The van der Waals surface area contributed by atoms with Gasteiger partial charge in [0.15, 0.2) is 0 Å². The Labute approximate surface area is 120 Å². The topological polar surface area (TPSA) is 64.1 Å². The lowest BCUT2D eigenvalue weighted by atomic mass is 10.2. The fraction of sp³-hybridized carbons (Fsp3) is 0.857. The predicted molar refractivity (Wildman–Crippen MR) is 75.7 cm³/mol. The zero-order valence-electron chi connectivity index (χ0n) is 12.3. The highest BCUT2D eigenvalue weighted by Gasteiger charge is 2.31. The van der Waals surface area contributed by atoms with Crippen LogP contribution in [-0.2, 0) is 4.79 Å². The summed E-state index contributed by atoms with van der Waals surface area (Å²) in [5.74, 6) is -0.758. The maximum absolute atomic E-state index is 12.5. The summed E-state index contributed by atoms with van der Waals surface area (Å²) in [7, 11) is 0. The van der Waals surface area contributed by atoms with Crippen LogP contribution in [0.4, 0.5) is 4.79 Å². The van der Waals surface area contributed by atoms with E-state index in [-0.39, 0.29) is 12.5 Å². The molecule has 0 aromatic heterocycles. The van der Waals surface area contributed by atoms with Crippen LogP contribution in [0.5, 0.6) is 0 Å². The molecule has 114 valence electrons. The van der Waals surface area contributed by atoms with Gasteiger partial charge in [0.2, 0.25) is 0 Å². The quantitative estimate of drug-likeness (QED) is 0.838. The van der Waals surface area contributed by atoms with Crippen molar-refractivity contribution >= 4 is 12.0 Å². The molecule has 1 unspecified atom stereocenters. The van der Waals surface area contributed by atoms with E-state index in [0.29, 0.717) is 25.7 Å². The molecule has 1 N–H and O–H groups in total. The number of rotatable bonds is 4. The minimum Gasteiger partial charge on any atom is -0.481 e. The van der Waals surface area contributed by atoms with Gasteiger partial charge < -0.3 is 14.9 Å². The van der Waals surface area contributed by atoms with Crippen molar-refractivity contribution in [2.45, 2.75) is 38.6 Å². The molecule has 0 bridgehead atoms. The molecular weight excluding hydrogens is 258 g/mol. The highest BCUT2D eigenvalue weighted by Crippen LogP contribution is 2.21. The lowest BCUT2D eigenvalue weighted by Crippen LogP contribution is -2.53. The van der Waals surface area contributed by atoms with Crippen LogP contribution in [0.25, 0.3) is 0 Å². The highest BCUT2D eigenvalue weighted by atomic mass is 16.4. The summed E-state index contributed by atoms with van der Waals surface area (Å²) in [4.78, 5) is 29.1. The number of urea groups is 1. The number of carbonyl (C=O) groups excluding carboxylic acids is 1. The first-order chi connectivity index (χ1) is 9.61. The number of carboxylic acids is 1. The molecule has 1 atom stereocenters. The Kier molecular flexibility index (Phi) is 5.23. The van der Waals surface area contributed by atoms with E-state index in [4.69, 9.17) is 5.11 Å². The first kappa shape index (κ1) is 15.1. The van der Waals surface area contributed by atoms with Crippen molar-refractivity contribution in [1.29, 1.82) is 0 Å². The lowest BCUT2D eigenvalue weighted by molar-refractivity contribution is -0.137. The minimum atomic E-state index is -0.758. The standard InChI is InChI=1S/C14H25N3O3/c1-2-12-4-3-6-17(12)14(20)16-10-8-15(9-11-16)7-5-13(18)19/h12H,2-11H2,1H3,(H,18,19). The maximum atomic E-state index is 12.5. The number of hydrogen-bond acceptors (Lipinski definition) is 3. The van der Waals surface area contributed by atoms with E-state index >= 15 is 0 Å². The number of piperazine rings is 1. The second-order valence-electron chi connectivity index (χ2n) is 5.65. The largest absolute Gasteiger partial charge is 0.481 e. The summed E-state index contributed by atoms with van der Waals surface area (Å²) in [5, 5.41) is 8.69. The Bertz CT molecular complexity index is 354. The molecule has 0 saturated carbocycles. The summed E-state index contributed by atoms with van der Waals surface area (Å²) in [6.07, 6.45) is 3.45. The number of amides is 2. The van der Waals surface area contributed by atoms with Gasteiger partial charge in [-0.15, -0.1) is 0 Å². The molecule has 2 heterocycles. The van der Waals surface area contributed by atoms with E-state index in [1.54, 1.807) is 0 Å². The molecule has 0 radical (unpaired) electrons. The van der Waals surface area contributed by atoms with Gasteiger partial charge in [-0.1, -0.05) is 6.92 Å². The van der Waals surface area contributed by atoms with E-state index in [9.17, 15) is 9.59 Å². The van der Waals surface area contributed by atoms with Gasteiger partial charge in [0, 0.05) is 45.3 Å². The van der Waals surface area contributed by atoms with Gasteiger partial charge in [0.1, 0.15) is 0 Å². The van der Waals surface area contributed by atoms with Crippen molar-refractivity contribution in [1.82, 2.24) is 14.7 Å². The molecule has 0 aliphatic carbocycles. The Morgan fingerprint density at radius 2 is 1.85 bits per heavy atom. The number of nitrogens with zero attached hydrogens (tertiary/aromatic N) is 3. The van der Waals surface area contributed by atoms with E-state index in [2.05, 4.69) is 11.8 Å². The van der Waals surface area contributed by atoms with Gasteiger partial charge in [-0.3, -0.25) is 9.69 Å². The zero-order valence-corrected chi connectivity index (χ0v) is 12.3. The Morgan fingerprint density at radius 3 is 2.45 bits per heavy atom. The second kappa shape index (κ2) is 6.92. The minimum absolute atomic E-state index is 0.173. The van der Waals surface area contributed by atoms with Crippen molar-refractivity contribution in [3.05, 3.63) is 0 Å². The molecule has 6 nitrogen and oxygen atoms in total. The summed E-state index contributed by atoms with van der Waals surface area (Å²) in [6.45, 7) is 6.60. The average molecular weight is 283 g/mol. The first-order valence-electron chi connectivity index (χ1n) is 7.61. The van der Waals surface area contributed by atoms with Crippen LogP contribution in [-0.4, -0.2) is 77.1 Å². The molecule has 20 heavy (non-hydrogen) atoms. The molecule has 0 aromatic carbocycles. The number of aliphatic carboxylic acids is 1. The molecular formula is C14H25N3O3. The number of carbonyl (C=O) groups is 2. The molecule has 2 fully saturated rings. The van der Waals surface area contributed by atoms with Crippen LogP contribution < -0.4 is 0 Å². The second-order valence-corrected chi connectivity index (χ2v) is 5.65. The molecule has 2 rings (SSSR count). The molecule has 0 spiro atoms. The third-order valence-corrected chi connectivity index (χ3v) is 4.38. The summed E-state index contributed by atoms with van der Waals surface area (Å²) < 4.78 is 0. The number of hydrogen-bond donors (Lipinski definition) is 1. The van der Waals surface area contributed by atoms with Crippen molar-refractivity contribution in [3.8, 4) is 0 Å². The fourth-order valence-corrected chi connectivity index (χ4v) is 3.11. The van der Waals surface area contributed by atoms with Crippen LogP contribution in [0, 0.1) is 0 Å². The SMILES string of the molecule is CCC1CCCN1C(=O)N1CCN(CCC(=O)O)CC1. The van der Waals surface area contributed by atoms with Crippen LogP contribution in [0.3, 0.4) is 0 Å². The third-order valence-electron chi connectivity index (χ3n) is 4.38. The van der Waals surface area contributed by atoms with Gasteiger partial charge in [-0.2, -0.15) is 0 Å². The molecule has 2 aliphatic rings. The van der Waals surface area contributed by atoms with Gasteiger partial charge in [0.05, 0.1) is 6.42 Å². The van der Waals surface area contributed by atoms with Crippen LogP contribution >= 0.6 is 0 Å². The Hall–Kier alpha value is -1.30. The van der Waals surface area contributed by atoms with Gasteiger partial charge >= 0.3 is 12.0 Å². The lowest BCUT2D eigenvalue weighted by Gasteiger charge is -2.37. The van der Waals surface area contributed by atoms with Crippen molar-refractivity contribution in [2.75, 3.05) is 39.3 Å². The predicted octanol–water partition coefficient (Wildman–Crippen LogP) is 1.07. The first-order valence-corrected chi connectivity index (χ1v) is 7.61. The molecule has 6 heteroatoms. The summed E-state index contributed by atoms with van der Waals surface area (Å²) >= 11 is 0. The van der Waals surface area contributed by atoms with Gasteiger partial charge in [-0.25, -0.2) is 4.79 Å². The average Bonchev–Trinajstić information content (AvgIpc) is 2.93.